The maximum absolute atomic E-state index is 13.1. The van der Waals surface area contributed by atoms with Gasteiger partial charge in [-0.2, -0.15) is 0 Å². The van der Waals surface area contributed by atoms with Crippen LogP contribution in [0.25, 0.3) is 11.1 Å². The SMILES string of the molecule is COc1cc(NC(=O)COc2ccc(-c3ccccc3)cc2Cl)c(C(=O)N2CCCC2)cc1OC. The molecule has 0 bridgehead atoms. The summed E-state index contributed by atoms with van der Waals surface area (Å²) in [5.41, 5.74) is 2.65. The normalized spacial score (nSPS) is 12.8. The van der Waals surface area contributed by atoms with Gasteiger partial charge in [0.05, 0.1) is 30.5 Å². The van der Waals surface area contributed by atoms with Gasteiger partial charge in [0.15, 0.2) is 18.1 Å². The minimum Gasteiger partial charge on any atom is -0.493 e. The van der Waals surface area contributed by atoms with E-state index >= 15 is 0 Å². The Morgan fingerprint density at radius 3 is 2.23 bits per heavy atom. The van der Waals surface area contributed by atoms with Crippen LogP contribution in [-0.2, 0) is 4.79 Å². The summed E-state index contributed by atoms with van der Waals surface area (Å²) in [5, 5.41) is 3.18. The molecule has 8 heteroatoms. The fraction of sp³-hybridized carbons (Fsp3) is 0.259. The lowest BCUT2D eigenvalue weighted by molar-refractivity contribution is -0.118. The van der Waals surface area contributed by atoms with Gasteiger partial charge in [0.25, 0.3) is 11.8 Å². The Kier molecular flexibility index (Phi) is 7.77. The van der Waals surface area contributed by atoms with Crippen molar-refractivity contribution in [1.82, 2.24) is 4.90 Å². The molecule has 0 aliphatic carbocycles. The molecule has 2 amide bonds. The molecule has 0 unspecified atom stereocenters. The summed E-state index contributed by atoms with van der Waals surface area (Å²) in [6, 6.07) is 18.4. The van der Waals surface area contributed by atoms with E-state index in [1.807, 2.05) is 36.4 Å². The molecular formula is C27H27ClN2O5. The molecule has 0 saturated carbocycles. The van der Waals surface area contributed by atoms with Gasteiger partial charge < -0.3 is 24.4 Å². The first-order valence-electron chi connectivity index (χ1n) is 11.3. The van der Waals surface area contributed by atoms with E-state index < -0.39 is 5.91 Å². The molecule has 0 radical (unpaired) electrons. The highest BCUT2D eigenvalue weighted by molar-refractivity contribution is 6.32. The number of rotatable bonds is 8. The van der Waals surface area contributed by atoms with Crippen molar-refractivity contribution in [3.63, 3.8) is 0 Å². The molecule has 35 heavy (non-hydrogen) atoms. The highest BCUT2D eigenvalue weighted by Gasteiger charge is 2.25. The predicted molar refractivity (Wildman–Crippen MR) is 136 cm³/mol. The number of anilines is 1. The molecule has 1 heterocycles. The number of methoxy groups -OCH3 is 2. The zero-order valence-electron chi connectivity index (χ0n) is 19.7. The van der Waals surface area contributed by atoms with Crippen LogP contribution in [0.15, 0.2) is 60.7 Å². The average Bonchev–Trinajstić information content (AvgIpc) is 3.43. The zero-order chi connectivity index (χ0) is 24.8. The number of ether oxygens (including phenoxy) is 3. The summed E-state index contributed by atoms with van der Waals surface area (Å²) in [6.45, 7) is 1.08. The molecule has 1 aliphatic rings. The molecule has 182 valence electrons. The Morgan fingerprint density at radius 1 is 0.886 bits per heavy atom. The van der Waals surface area contributed by atoms with Gasteiger partial charge in [0, 0.05) is 19.2 Å². The van der Waals surface area contributed by atoms with Gasteiger partial charge in [-0.1, -0.05) is 48.0 Å². The van der Waals surface area contributed by atoms with Crippen molar-refractivity contribution in [3.8, 4) is 28.4 Å². The van der Waals surface area contributed by atoms with Crippen molar-refractivity contribution in [3.05, 3.63) is 71.2 Å². The Balaban J connectivity index is 1.49. The number of carbonyl (C=O) groups excluding carboxylic acids is 2. The fourth-order valence-corrected chi connectivity index (χ4v) is 4.24. The van der Waals surface area contributed by atoms with Crippen molar-refractivity contribution in [2.24, 2.45) is 0 Å². The average molecular weight is 495 g/mol. The van der Waals surface area contributed by atoms with Crippen LogP contribution in [0.3, 0.4) is 0 Å². The van der Waals surface area contributed by atoms with E-state index in [-0.39, 0.29) is 12.5 Å². The van der Waals surface area contributed by atoms with Crippen LogP contribution >= 0.6 is 11.6 Å². The van der Waals surface area contributed by atoms with E-state index in [4.69, 9.17) is 25.8 Å². The molecule has 4 rings (SSSR count). The predicted octanol–water partition coefficient (Wildman–Crippen LogP) is 5.28. The largest absolute Gasteiger partial charge is 0.493 e. The third-order valence-electron chi connectivity index (χ3n) is 5.82. The van der Waals surface area contributed by atoms with Crippen LogP contribution in [0.4, 0.5) is 5.69 Å². The van der Waals surface area contributed by atoms with Gasteiger partial charge in [-0.05, 0) is 42.2 Å². The lowest BCUT2D eigenvalue weighted by Gasteiger charge is -2.20. The first-order valence-corrected chi connectivity index (χ1v) is 11.7. The minimum absolute atomic E-state index is 0.167. The molecule has 3 aromatic rings. The van der Waals surface area contributed by atoms with Crippen molar-refractivity contribution in [1.29, 1.82) is 0 Å². The van der Waals surface area contributed by atoms with E-state index in [9.17, 15) is 9.59 Å². The molecule has 0 spiro atoms. The van der Waals surface area contributed by atoms with Gasteiger partial charge in [0.2, 0.25) is 0 Å². The number of halogens is 1. The van der Waals surface area contributed by atoms with Crippen LogP contribution in [0.5, 0.6) is 17.2 Å². The van der Waals surface area contributed by atoms with Crippen molar-refractivity contribution in [2.45, 2.75) is 12.8 Å². The smallest absolute Gasteiger partial charge is 0.262 e. The topological polar surface area (TPSA) is 77.1 Å². The minimum atomic E-state index is -0.434. The van der Waals surface area contributed by atoms with E-state index in [0.29, 0.717) is 46.6 Å². The van der Waals surface area contributed by atoms with Gasteiger partial charge in [-0.3, -0.25) is 9.59 Å². The molecule has 1 saturated heterocycles. The summed E-state index contributed by atoms with van der Waals surface area (Å²) in [5.74, 6) is 0.605. The quantitative estimate of drug-likeness (QED) is 0.461. The number of amides is 2. The second-order valence-electron chi connectivity index (χ2n) is 8.10. The van der Waals surface area contributed by atoms with E-state index in [1.54, 1.807) is 29.2 Å². The zero-order valence-corrected chi connectivity index (χ0v) is 20.4. The van der Waals surface area contributed by atoms with Crippen molar-refractivity contribution >= 4 is 29.1 Å². The Morgan fingerprint density at radius 2 is 1.57 bits per heavy atom. The van der Waals surface area contributed by atoms with Crippen molar-refractivity contribution in [2.75, 3.05) is 39.2 Å². The van der Waals surface area contributed by atoms with Gasteiger partial charge in [0.1, 0.15) is 5.75 Å². The van der Waals surface area contributed by atoms with E-state index in [0.717, 1.165) is 24.0 Å². The standard InChI is InChI=1S/C27H27ClN2O5/c1-33-24-15-20(27(32)30-12-6-7-13-30)22(16-25(24)34-2)29-26(31)17-35-23-11-10-19(14-21(23)28)18-8-4-3-5-9-18/h3-5,8-11,14-16H,6-7,12-13,17H2,1-2H3,(H,29,31). The van der Waals surface area contributed by atoms with Crippen LogP contribution in [0, 0.1) is 0 Å². The summed E-state index contributed by atoms with van der Waals surface area (Å²) in [4.78, 5) is 27.6. The first-order chi connectivity index (χ1) is 17.0. The van der Waals surface area contributed by atoms with Gasteiger partial charge in [-0.25, -0.2) is 0 Å². The second kappa shape index (κ2) is 11.1. The maximum Gasteiger partial charge on any atom is 0.262 e. The van der Waals surface area contributed by atoms with Gasteiger partial charge in [-0.15, -0.1) is 0 Å². The number of nitrogens with zero attached hydrogens (tertiary/aromatic N) is 1. The monoisotopic (exact) mass is 494 g/mol. The van der Waals surface area contributed by atoms with Crippen LogP contribution in [0.2, 0.25) is 5.02 Å². The maximum atomic E-state index is 13.1. The third kappa shape index (κ3) is 5.69. The lowest BCUT2D eigenvalue weighted by atomic mass is 10.1. The van der Waals surface area contributed by atoms with Crippen LogP contribution in [-0.4, -0.2) is 50.6 Å². The highest BCUT2D eigenvalue weighted by atomic mass is 35.5. The number of carbonyl (C=O) groups is 2. The highest BCUT2D eigenvalue weighted by Crippen LogP contribution is 2.35. The lowest BCUT2D eigenvalue weighted by Crippen LogP contribution is -2.29. The van der Waals surface area contributed by atoms with E-state index in [1.165, 1.54) is 14.2 Å². The molecule has 1 aliphatic heterocycles. The molecule has 3 aromatic carbocycles. The van der Waals surface area contributed by atoms with E-state index in [2.05, 4.69) is 5.32 Å². The van der Waals surface area contributed by atoms with Crippen LogP contribution < -0.4 is 19.5 Å². The number of hydrogen-bond acceptors (Lipinski definition) is 5. The summed E-state index contributed by atoms with van der Waals surface area (Å²) >= 11 is 6.40. The number of nitrogens with one attached hydrogen (secondary N) is 1. The second-order valence-corrected chi connectivity index (χ2v) is 8.51. The molecule has 0 atom stereocenters. The number of likely N-dealkylation sites (tertiary alicyclic amines) is 1. The Hall–Kier alpha value is -3.71. The van der Waals surface area contributed by atoms with Crippen molar-refractivity contribution < 1.29 is 23.8 Å². The molecule has 1 fully saturated rings. The summed E-state index contributed by atoms with van der Waals surface area (Å²) in [6.07, 6.45) is 1.91. The number of benzene rings is 3. The van der Waals surface area contributed by atoms with Gasteiger partial charge >= 0.3 is 0 Å². The number of hydrogen-bond donors (Lipinski definition) is 1. The molecule has 0 aromatic heterocycles. The Bertz CT molecular complexity index is 1210. The first kappa shape index (κ1) is 24.4. The summed E-state index contributed by atoms with van der Waals surface area (Å²) in [7, 11) is 3.00. The molecule has 1 N–H and O–H groups in total. The molecular weight excluding hydrogens is 468 g/mol. The fourth-order valence-electron chi connectivity index (χ4n) is 4.01. The molecule has 7 nitrogen and oxygen atoms in total. The van der Waals surface area contributed by atoms with Crippen LogP contribution in [0.1, 0.15) is 23.2 Å². The Labute approximate surface area is 209 Å². The summed E-state index contributed by atoms with van der Waals surface area (Å²) < 4.78 is 16.4. The third-order valence-corrected chi connectivity index (χ3v) is 6.11.